The minimum Gasteiger partial charge on any atom is -0.454 e. The first-order valence-corrected chi connectivity index (χ1v) is 10.8. The molecule has 0 atom stereocenters. The van der Waals surface area contributed by atoms with Crippen LogP contribution in [0.5, 0.6) is 5.75 Å². The average Bonchev–Trinajstić information content (AvgIpc) is 3.51. The Bertz CT molecular complexity index is 1500. The molecule has 0 amide bonds. The molecule has 0 saturated carbocycles. The number of halogens is 1. The number of nitrogens with zero attached hydrogens (tertiary/aromatic N) is 2. The molecule has 1 aliphatic rings. The highest BCUT2D eigenvalue weighted by atomic mass is 79.9. The van der Waals surface area contributed by atoms with Gasteiger partial charge in [0, 0.05) is 21.6 Å². The molecule has 0 N–H and O–H groups in total. The molecular formula is C26H15BrN2O3. The van der Waals surface area contributed by atoms with E-state index in [0.29, 0.717) is 22.8 Å². The number of ether oxygens (including phenoxy) is 1. The summed E-state index contributed by atoms with van der Waals surface area (Å²) in [6, 6.07) is 25.0. The Hall–Kier alpha value is -3.90. The molecule has 0 radical (unpaired) electrons. The Labute approximate surface area is 191 Å². The van der Waals surface area contributed by atoms with E-state index in [2.05, 4.69) is 15.9 Å². The van der Waals surface area contributed by atoms with Crippen molar-refractivity contribution in [1.82, 2.24) is 9.78 Å². The number of benzene rings is 3. The Kier molecular flexibility index (Phi) is 4.33. The van der Waals surface area contributed by atoms with Crippen molar-refractivity contribution in [2.75, 3.05) is 0 Å². The largest absolute Gasteiger partial charge is 0.454 e. The fraction of sp³-hybridized carbons (Fsp3) is 0. The first kappa shape index (κ1) is 18.8. The van der Waals surface area contributed by atoms with Gasteiger partial charge in [-0.2, -0.15) is 5.10 Å². The van der Waals surface area contributed by atoms with Gasteiger partial charge in [0.05, 0.1) is 11.3 Å². The van der Waals surface area contributed by atoms with E-state index in [0.717, 1.165) is 26.7 Å². The molecule has 0 unspecified atom stereocenters. The van der Waals surface area contributed by atoms with Crippen LogP contribution in [-0.2, 0) is 0 Å². The maximum absolute atomic E-state index is 13.0. The number of Topliss-reactive ketones (excluding diaryl/α,β-unsaturated/α-hetero) is 1. The minimum absolute atomic E-state index is 0.163. The lowest BCUT2D eigenvalue weighted by Crippen LogP contribution is -1.98. The number of rotatable bonds is 3. The summed E-state index contributed by atoms with van der Waals surface area (Å²) < 4.78 is 14.5. The lowest BCUT2D eigenvalue weighted by atomic mass is 10.1. The van der Waals surface area contributed by atoms with Gasteiger partial charge in [0.15, 0.2) is 11.5 Å². The monoisotopic (exact) mass is 482 g/mol. The molecule has 154 valence electrons. The van der Waals surface area contributed by atoms with E-state index in [1.54, 1.807) is 22.9 Å². The molecule has 0 saturated heterocycles. The fourth-order valence-electron chi connectivity index (χ4n) is 3.80. The van der Waals surface area contributed by atoms with Crippen LogP contribution in [0, 0.1) is 0 Å². The van der Waals surface area contributed by atoms with Crippen LogP contribution in [0.4, 0.5) is 0 Å². The van der Waals surface area contributed by atoms with E-state index < -0.39 is 0 Å². The topological polar surface area (TPSA) is 57.3 Å². The molecule has 3 aromatic carbocycles. The van der Waals surface area contributed by atoms with Gasteiger partial charge in [0.1, 0.15) is 17.0 Å². The summed E-state index contributed by atoms with van der Waals surface area (Å²) in [5, 5.41) is 5.77. The van der Waals surface area contributed by atoms with Gasteiger partial charge in [-0.3, -0.25) is 4.79 Å². The molecule has 0 bridgehead atoms. The Balaban J connectivity index is 1.50. The van der Waals surface area contributed by atoms with E-state index in [-0.39, 0.29) is 11.5 Å². The van der Waals surface area contributed by atoms with Crippen LogP contribution in [0.15, 0.2) is 99.7 Å². The van der Waals surface area contributed by atoms with Crippen LogP contribution in [-0.4, -0.2) is 15.6 Å². The third-order valence-electron chi connectivity index (χ3n) is 5.34. The van der Waals surface area contributed by atoms with Crippen molar-refractivity contribution in [2.24, 2.45) is 0 Å². The summed E-state index contributed by atoms with van der Waals surface area (Å²) in [6.45, 7) is 0. The maximum atomic E-state index is 13.0. The highest BCUT2D eigenvalue weighted by Gasteiger charge is 2.28. The molecule has 0 spiro atoms. The standard InChI is InChI=1S/C26H15BrN2O3/c27-18-10-11-22-20(14-18)26(30)24(32-22)13-17-15-29(19-7-2-1-3-8-19)28-25(17)23-12-16-6-4-5-9-21(16)31-23/h1-15H/b24-13-. The van der Waals surface area contributed by atoms with Crippen molar-refractivity contribution >= 4 is 38.8 Å². The van der Waals surface area contributed by atoms with Gasteiger partial charge in [-0.15, -0.1) is 0 Å². The van der Waals surface area contributed by atoms with Gasteiger partial charge in [0.25, 0.3) is 0 Å². The van der Waals surface area contributed by atoms with E-state index in [4.69, 9.17) is 14.3 Å². The number of furan rings is 1. The highest BCUT2D eigenvalue weighted by Crippen LogP contribution is 2.36. The third kappa shape index (κ3) is 3.16. The minimum atomic E-state index is -0.163. The summed E-state index contributed by atoms with van der Waals surface area (Å²) in [5.41, 5.74) is 3.57. The smallest absolute Gasteiger partial charge is 0.232 e. The highest BCUT2D eigenvalue weighted by molar-refractivity contribution is 9.10. The second kappa shape index (κ2) is 7.35. The number of fused-ring (bicyclic) bond motifs is 2. The lowest BCUT2D eigenvalue weighted by molar-refractivity contribution is 0.101. The zero-order valence-corrected chi connectivity index (χ0v) is 18.2. The third-order valence-corrected chi connectivity index (χ3v) is 5.83. The van der Waals surface area contributed by atoms with E-state index in [9.17, 15) is 4.79 Å². The molecule has 5 nitrogen and oxygen atoms in total. The number of carbonyl (C=O) groups is 1. The molecule has 2 aromatic heterocycles. The number of hydrogen-bond donors (Lipinski definition) is 0. The molecule has 5 aromatic rings. The predicted octanol–water partition coefficient (Wildman–Crippen LogP) is 6.66. The second-order valence-electron chi connectivity index (χ2n) is 7.44. The van der Waals surface area contributed by atoms with Crippen molar-refractivity contribution in [2.45, 2.75) is 0 Å². The summed E-state index contributed by atoms with van der Waals surface area (Å²) in [4.78, 5) is 13.0. The van der Waals surface area contributed by atoms with Gasteiger partial charge >= 0.3 is 0 Å². The summed E-state index contributed by atoms with van der Waals surface area (Å²) in [6.07, 6.45) is 3.60. The van der Waals surface area contributed by atoms with Crippen LogP contribution >= 0.6 is 15.9 Å². The van der Waals surface area contributed by atoms with Crippen molar-refractivity contribution in [3.63, 3.8) is 0 Å². The van der Waals surface area contributed by atoms with Crippen molar-refractivity contribution in [3.8, 4) is 22.9 Å². The Morgan fingerprint density at radius 3 is 2.59 bits per heavy atom. The number of allylic oxidation sites excluding steroid dienone is 1. The first-order valence-electron chi connectivity index (χ1n) is 10.0. The number of hydrogen-bond acceptors (Lipinski definition) is 4. The van der Waals surface area contributed by atoms with Gasteiger partial charge in [0.2, 0.25) is 5.78 Å². The molecular weight excluding hydrogens is 468 g/mol. The van der Waals surface area contributed by atoms with Crippen molar-refractivity contribution < 1.29 is 13.9 Å². The molecule has 32 heavy (non-hydrogen) atoms. The normalized spacial score (nSPS) is 14.2. The molecule has 1 aliphatic heterocycles. The van der Waals surface area contributed by atoms with E-state index in [1.807, 2.05) is 72.9 Å². The SMILES string of the molecule is O=C1/C(=C/c2cn(-c3ccccc3)nc2-c2cc3ccccc3o2)Oc2ccc(Br)cc21. The van der Waals surface area contributed by atoms with Crippen LogP contribution in [0.1, 0.15) is 15.9 Å². The van der Waals surface area contributed by atoms with Crippen LogP contribution in [0.25, 0.3) is 34.2 Å². The van der Waals surface area contributed by atoms with E-state index in [1.165, 1.54) is 0 Å². The first-order chi connectivity index (χ1) is 15.7. The summed E-state index contributed by atoms with van der Waals surface area (Å²) in [7, 11) is 0. The Morgan fingerprint density at radius 2 is 1.75 bits per heavy atom. The number of para-hydroxylation sites is 2. The van der Waals surface area contributed by atoms with Crippen LogP contribution in [0.3, 0.4) is 0 Å². The molecule has 0 fully saturated rings. The zero-order chi connectivity index (χ0) is 21.7. The zero-order valence-electron chi connectivity index (χ0n) is 16.7. The van der Waals surface area contributed by atoms with Gasteiger partial charge < -0.3 is 9.15 Å². The molecule has 6 heteroatoms. The van der Waals surface area contributed by atoms with Crippen molar-refractivity contribution in [3.05, 3.63) is 106 Å². The predicted molar refractivity (Wildman–Crippen MR) is 126 cm³/mol. The molecule has 3 heterocycles. The Morgan fingerprint density at radius 1 is 0.938 bits per heavy atom. The van der Waals surface area contributed by atoms with E-state index >= 15 is 0 Å². The molecule has 6 rings (SSSR count). The van der Waals surface area contributed by atoms with Crippen LogP contribution in [0.2, 0.25) is 0 Å². The number of carbonyl (C=O) groups excluding carboxylic acids is 1. The van der Waals surface area contributed by atoms with Gasteiger partial charge in [-0.25, -0.2) is 4.68 Å². The van der Waals surface area contributed by atoms with Crippen LogP contribution < -0.4 is 4.74 Å². The second-order valence-corrected chi connectivity index (χ2v) is 8.36. The average molecular weight is 483 g/mol. The van der Waals surface area contributed by atoms with Gasteiger partial charge in [-0.1, -0.05) is 52.3 Å². The summed E-state index contributed by atoms with van der Waals surface area (Å²) in [5.74, 6) is 1.26. The van der Waals surface area contributed by atoms with Gasteiger partial charge in [-0.05, 0) is 48.5 Å². The summed E-state index contributed by atoms with van der Waals surface area (Å²) >= 11 is 3.41. The number of aromatic nitrogens is 2. The lowest BCUT2D eigenvalue weighted by Gasteiger charge is -1.98. The fourth-order valence-corrected chi connectivity index (χ4v) is 4.16. The quantitative estimate of drug-likeness (QED) is 0.269. The van der Waals surface area contributed by atoms with Crippen molar-refractivity contribution in [1.29, 1.82) is 0 Å². The number of ketones is 1. The maximum Gasteiger partial charge on any atom is 0.232 e. The molecule has 0 aliphatic carbocycles.